The lowest BCUT2D eigenvalue weighted by Crippen LogP contribution is -2.43. The van der Waals surface area contributed by atoms with Crippen molar-refractivity contribution in [3.63, 3.8) is 0 Å². The highest BCUT2D eigenvalue weighted by Gasteiger charge is 2.37. The van der Waals surface area contributed by atoms with Crippen molar-refractivity contribution < 1.29 is 14.3 Å². The van der Waals surface area contributed by atoms with E-state index in [1.807, 2.05) is 36.4 Å². The number of benzene rings is 1. The molecule has 2 atom stereocenters. The van der Waals surface area contributed by atoms with E-state index in [2.05, 4.69) is 13.2 Å². The molecule has 0 bridgehead atoms. The molecule has 0 aromatic heterocycles. The van der Waals surface area contributed by atoms with Gasteiger partial charge >= 0.3 is 6.09 Å². The Bertz CT molecular complexity index is 500. The molecule has 2 rings (SSSR count). The predicted octanol–water partition coefficient (Wildman–Crippen LogP) is 3.54. The van der Waals surface area contributed by atoms with Crippen LogP contribution in [0.4, 0.5) is 4.79 Å². The molecule has 1 heterocycles. The third kappa shape index (κ3) is 4.21. The quantitative estimate of drug-likeness (QED) is 0.655. The van der Waals surface area contributed by atoms with E-state index >= 15 is 0 Å². The standard InChI is InChI=1S/C18H23NO3/c1-3-5-12-19-16(14-22-18(19)20)17(9-4-2)21-13-15-10-7-6-8-11-15/h3-4,6-8,10-11,16-17H,1-2,5,9,12-14H2/t16-,17+/m0/s1. The van der Waals surface area contributed by atoms with Crippen LogP contribution >= 0.6 is 0 Å². The molecule has 22 heavy (non-hydrogen) atoms. The van der Waals surface area contributed by atoms with Gasteiger partial charge in [0.25, 0.3) is 0 Å². The van der Waals surface area contributed by atoms with Crippen LogP contribution in [0.1, 0.15) is 18.4 Å². The van der Waals surface area contributed by atoms with Crippen molar-refractivity contribution in [3.05, 3.63) is 61.2 Å². The largest absolute Gasteiger partial charge is 0.447 e. The number of rotatable bonds is 9. The van der Waals surface area contributed by atoms with E-state index in [4.69, 9.17) is 9.47 Å². The number of amides is 1. The number of nitrogens with zero attached hydrogens (tertiary/aromatic N) is 1. The van der Waals surface area contributed by atoms with E-state index in [-0.39, 0.29) is 18.2 Å². The Balaban J connectivity index is 2.00. The molecule has 0 radical (unpaired) electrons. The highest BCUT2D eigenvalue weighted by Crippen LogP contribution is 2.21. The first-order chi connectivity index (χ1) is 10.8. The van der Waals surface area contributed by atoms with E-state index in [1.165, 1.54) is 0 Å². The van der Waals surface area contributed by atoms with Crippen molar-refractivity contribution in [3.8, 4) is 0 Å². The van der Waals surface area contributed by atoms with Gasteiger partial charge < -0.3 is 9.47 Å². The molecule has 4 heteroatoms. The van der Waals surface area contributed by atoms with Gasteiger partial charge in [-0.15, -0.1) is 13.2 Å². The van der Waals surface area contributed by atoms with Crippen LogP contribution in [0, 0.1) is 0 Å². The molecular formula is C18H23NO3. The van der Waals surface area contributed by atoms with Crippen molar-refractivity contribution in [1.29, 1.82) is 0 Å². The number of ether oxygens (including phenoxy) is 2. The molecule has 1 amide bonds. The van der Waals surface area contributed by atoms with Crippen LogP contribution < -0.4 is 0 Å². The van der Waals surface area contributed by atoms with Gasteiger partial charge in [0.05, 0.1) is 18.8 Å². The van der Waals surface area contributed by atoms with Gasteiger partial charge in [-0.3, -0.25) is 4.90 Å². The van der Waals surface area contributed by atoms with E-state index in [9.17, 15) is 4.79 Å². The highest BCUT2D eigenvalue weighted by molar-refractivity contribution is 5.70. The fraction of sp³-hybridized carbons (Fsp3) is 0.389. The Hall–Kier alpha value is -2.07. The molecule has 0 spiro atoms. The predicted molar refractivity (Wildman–Crippen MR) is 86.5 cm³/mol. The van der Waals surface area contributed by atoms with Crippen LogP contribution in [0.15, 0.2) is 55.6 Å². The summed E-state index contributed by atoms with van der Waals surface area (Å²) >= 11 is 0. The van der Waals surface area contributed by atoms with E-state index < -0.39 is 0 Å². The summed E-state index contributed by atoms with van der Waals surface area (Å²) in [5.74, 6) is 0. The maximum absolute atomic E-state index is 11.9. The first-order valence-electron chi connectivity index (χ1n) is 7.57. The summed E-state index contributed by atoms with van der Waals surface area (Å²) in [6.45, 7) is 8.98. The highest BCUT2D eigenvalue weighted by atomic mass is 16.6. The number of carbonyl (C=O) groups excluding carboxylic acids is 1. The minimum Gasteiger partial charge on any atom is -0.447 e. The topological polar surface area (TPSA) is 38.8 Å². The molecule has 0 N–H and O–H groups in total. The van der Waals surface area contributed by atoms with Gasteiger partial charge in [0.1, 0.15) is 6.61 Å². The summed E-state index contributed by atoms with van der Waals surface area (Å²) in [4.78, 5) is 13.6. The van der Waals surface area contributed by atoms with Gasteiger partial charge in [-0.1, -0.05) is 42.5 Å². The molecule has 4 nitrogen and oxygen atoms in total. The monoisotopic (exact) mass is 301 g/mol. The summed E-state index contributed by atoms with van der Waals surface area (Å²) in [6.07, 6.45) is 4.66. The summed E-state index contributed by atoms with van der Waals surface area (Å²) in [5.41, 5.74) is 1.11. The minimum atomic E-state index is -0.274. The Morgan fingerprint density at radius 1 is 1.32 bits per heavy atom. The average molecular weight is 301 g/mol. The van der Waals surface area contributed by atoms with E-state index in [0.717, 1.165) is 12.0 Å². The van der Waals surface area contributed by atoms with Crippen molar-refractivity contribution >= 4 is 6.09 Å². The molecule has 1 fully saturated rings. The Morgan fingerprint density at radius 3 is 2.77 bits per heavy atom. The van der Waals surface area contributed by atoms with Crippen LogP contribution in [0.25, 0.3) is 0 Å². The lowest BCUT2D eigenvalue weighted by atomic mass is 10.1. The Morgan fingerprint density at radius 2 is 2.09 bits per heavy atom. The zero-order valence-corrected chi connectivity index (χ0v) is 12.8. The number of cyclic esters (lactones) is 1. The molecule has 1 aromatic carbocycles. The van der Waals surface area contributed by atoms with Gasteiger partial charge in [0.15, 0.2) is 0 Å². The molecule has 0 aliphatic carbocycles. The Kier molecular flexibility index (Phi) is 6.22. The lowest BCUT2D eigenvalue weighted by molar-refractivity contribution is -0.00267. The molecule has 0 unspecified atom stereocenters. The molecule has 118 valence electrons. The molecule has 0 saturated carbocycles. The number of hydrogen-bond donors (Lipinski definition) is 0. The van der Waals surface area contributed by atoms with Crippen LogP contribution in [0.2, 0.25) is 0 Å². The molecular weight excluding hydrogens is 278 g/mol. The second-order valence-electron chi connectivity index (χ2n) is 5.27. The lowest BCUT2D eigenvalue weighted by Gasteiger charge is -2.28. The normalized spacial score (nSPS) is 18.8. The smallest absolute Gasteiger partial charge is 0.410 e. The van der Waals surface area contributed by atoms with Crippen LogP contribution in [0.3, 0.4) is 0 Å². The summed E-state index contributed by atoms with van der Waals surface area (Å²) in [7, 11) is 0. The van der Waals surface area contributed by atoms with Gasteiger partial charge in [0.2, 0.25) is 0 Å². The average Bonchev–Trinajstić information content (AvgIpc) is 2.91. The summed E-state index contributed by atoms with van der Waals surface area (Å²) in [6, 6.07) is 9.92. The number of carbonyl (C=O) groups is 1. The molecule has 1 saturated heterocycles. The SMILES string of the molecule is C=CCCN1C(=O)OC[C@H]1[C@@H](CC=C)OCc1ccccc1. The zero-order valence-electron chi connectivity index (χ0n) is 12.8. The molecule has 1 aliphatic heterocycles. The van der Waals surface area contributed by atoms with Gasteiger partial charge in [0, 0.05) is 6.54 Å². The minimum absolute atomic E-state index is 0.0748. The van der Waals surface area contributed by atoms with E-state index in [0.29, 0.717) is 26.2 Å². The summed E-state index contributed by atoms with van der Waals surface area (Å²) in [5, 5.41) is 0. The molecule has 1 aliphatic rings. The Labute approximate surface area is 132 Å². The fourth-order valence-electron chi connectivity index (χ4n) is 2.54. The van der Waals surface area contributed by atoms with Crippen LogP contribution in [0.5, 0.6) is 0 Å². The van der Waals surface area contributed by atoms with Crippen molar-refractivity contribution in [2.24, 2.45) is 0 Å². The maximum atomic E-state index is 11.9. The zero-order chi connectivity index (χ0) is 15.8. The summed E-state index contributed by atoms with van der Waals surface area (Å²) < 4.78 is 11.2. The van der Waals surface area contributed by atoms with Gasteiger partial charge in [-0.2, -0.15) is 0 Å². The van der Waals surface area contributed by atoms with E-state index in [1.54, 1.807) is 11.0 Å². The van der Waals surface area contributed by atoms with Crippen LogP contribution in [-0.2, 0) is 16.1 Å². The number of hydrogen-bond acceptors (Lipinski definition) is 3. The second kappa shape index (κ2) is 8.39. The van der Waals surface area contributed by atoms with Crippen molar-refractivity contribution in [2.45, 2.75) is 31.6 Å². The van der Waals surface area contributed by atoms with Gasteiger partial charge in [-0.25, -0.2) is 4.79 Å². The molecule has 1 aromatic rings. The third-order valence-corrected chi connectivity index (χ3v) is 3.72. The maximum Gasteiger partial charge on any atom is 0.410 e. The van der Waals surface area contributed by atoms with Crippen LogP contribution in [-0.4, -0.2) is 36.3 Å². The third-order valence-electron chi connectivity index (χ3n) is 3.72. The second-order valence-corrected chi connectivity index (χ2v) is 5.27. The van der Waals surface area contributed by atoms with Crippen molar-refractivity contribution in [1.82, 2.24) is 4.90 Å². The van der Waals surface area contributed by atoms with Crippen molar-refractivity contribution in [2.75, 3.05) is 13.2 Å². The van der Waals surface area contributed by atoms with Gasteiger partial charge in [-0.05, 0) is 18.4 Å². The first-order valence-corrected chi connectivity index (χ1v) is 7.57. The first kappa shape index (κ1) is 16.3. The fourth-order valence-corrected chi connectivity index (χ4v) is 2.54.